The molecule has 0 heterocycles. The van der Waals surface area contributed by atoms with Crippen molar-refractivity contribution in [1.82, 2.24) is 10.0 Å². The van der Waals surface area contributed by atoms with Gasteiger partial charge < -0.3 is 5.32 Å². The summed E-state index contributed by atoms with van der Waals surface area (Å²) in [5.74, 6) is 0. The van der Waals surface area contributed by atoms with Crippen LogP contribution in [0.3, 0.4) is 0 Å². The minimum atomic E-state index is -3.81. The third-order valence-corrected chi connectivity index (χ3v) is 7.56. The van der Waals surface area contributed by atoms with Gasteiger partial charge in [0.2, 0.25) is 10.0 Å². The highest BCUT2D eigenvalue weighted by Gasteiger charge is 2.29. The molecule has 0 aliphatic rings. The Morgan fingerprint density at radius 3 is 1.61 bits per heavy atom. The second-order valence-corrected chi connectivity index (χ2v) is 10.2. The van der Waals surface area contributed by atoms with Crippen LogP contribution in [-0.4, -0.2) is 8.42 Å². The zero-order valence-corrected chi connectivity index (χ0v) is 20.9. The van der Waals surface area contributed by atoms with Gasteiger partial charge in [-0.25, -0.2) is 13.1 Å². The fourth-order valence-electron chi connectivity index (χ4n) is 4.10. The minimum absolute atomic E-state index is 0.209. The molecule has 0 aliphatic carbocycles. The van der Waals surface area contributed by atoms with Crippen molar-refractivity contribution in [3.05, 3.63) is 150 Å². The maximum Gasteiger partial charge on any atom is 0.241 e. The van der Waals surface area contributed by atoms with Crippen molar-refractivity contribution in [1.29, 1.82) is 0 Å². The van der Waals surface area contributed by atoms with Crippen LogP contribution in [-0.2, 0) is 16.6 Å². The van der Waals surface area contributed by atoms with Crippen LogP contribution in [0.2, 0.25) is 0 Å². The summed E-state index contributed by atoms with van der Waals surface area (Å²) in [5.41, 5.74) is 4.86. The van der Waals surface area contributed by atoms with Crippen molar-refractivity contribution in [2.75, 3.05) is 0 Å². The average molecular weight is 495 g/mol. The van der Waals surface area contributed by atoms with Crippen LogP contribution < -0.4 is 10.0 Å². The van der Waals surface area contributed by atoms with Crippen LogP contribution in [0.1, 0.15) is 39.9 Å². The molecule has 182 valence electrons. The van der Waals surface area contributed by atoms with E-state index < -0.39 is 16.1 Å². The second-order valence-electron chi connectivity index (χ2n) is 8.50. The summed E-state index contributed by atoms with van der Waals surface area (Å²) in [4.78, 5) is 0.209. The van der Waals surface area contributed by atoms with E-state index in [1.54, 1.807) is 30.3 Å². The SMILES string of the molecule is C=Cc1ccc(CN[C@H](c2ccccc2)[C@H](NS(=O)(=O)c2ccc(C=C)cc2)c2ccccc2)cc1. The van der Waals surface area contributed by atoms with E-state index >= 15 is 0 Å². The van der Waals surface area contributed by atoms with Crippen LogP contribution >= 0.6 is 0 Å². The molecule has 4 nitrogen and oxygen atoms in total. The first-order chi connectivity index (χ1) is 17.5. The summed E-state index contributed by atoms with van der Waals surface area (Å²) in [6, 6.07) is 33.6. The van der Waals surface area contributed by atoms with Gasteiger partial charge in [-0.1, -0.05) is 122 Å². The highest BCUT2D eigenvalue weighted by Crippen LogP contribution is 2.31. The molecule has 0 unspecified atom stereocenters. The average Bonchev–Trinajstić information content (AvgIpc) is 2.94. The number of hydrogen-bond acceptors (Lipinski definition) is 3. The predicted molar refractivity (Wildman–Crippen MR) is 149 cm³/mol. The zero-order chi connectivity index (χ0) is 25.4. The maximum atomic E-state index is 13.5. The molecule has 4 rings (SSSR count). The lowest BCUT2D eigenvalue weighted by Gasteiger charge is -2.30. The molecule has 0 radical (unpaired) electrons. The zero-order valence-electron chi connectivity index (χ0n) is 20.0. The van der Waals surface area contributed by atoms with Gasteiger partial charge in [-0.3, -0.25) is 0 Å². The van der Waals surface area contributed by atoms with E-state index in [-0.39, 0.29) is 10.9 Å². The van der Waals surface area contributed by atoms with E-state index in [1.165, 1.54) is 0 Å². The molecule has 2 atom stereocenters. The molecule has 4 aromatic carbocycles. The van der Waals surface area contributed by atoms with Crippen molar-refractivity contribution in [2.24, 2.45) is 0 Å². The number of rotatable bonds is 11. The van der Waals surface area contributed by atoms with Gasteiger partial charge in [-0.2, -0.15) is 0 Å². The molecule has 0 fully saturated rings. The Labute approximate surface area is 214 Å². The molecule has 0 aliphatic heterocycles. The fourth-order valence-corrected chi connectivity index (χ4v) is 5.33. The standard InChI is InChI=1S/C31H30N2O2S/c1-3-24-15-17-26(18-16-24)23-32-30(27-11-7-5-8-12-27)31(28-13-9-6-10-14-28)33-36(34,35)29-21-19-25(4-2)20-22-29/h3-22,30-33H,1-2,23H2/t30-,31-/m1/s1. The van der Waals surface area contributed by atoms with Gasteiger partial charge >= 0.3 is 0 Å². The largest absolute Gasteiger partial charge is 0.304 e. The highest BCUT2D eigenvalue weighted by molar-refractivity contribution is 7.89. The van der Waals surface area contributed by atoms with E-state index in [9.17, 15) is 8.42 Å². The molecule has 2 N–H and O–H groups in total. The summed E-state index contributed by atoms with van der Waals surface area (Å²) in [6.45, 7) is 8.12. The third-order valence-electron chi connectivity index (χ3n) is 6.10. The molecule has 0 aromatic heterocycles. The smallest absolute Gasteiger partial charge is 0.241 e. The molecule has 0 spiro atoms. The van der Waals surface area contributed by atoms with Gasteiger partial charge in [0, 0.05) is 6.54 Å². The van der Waals surface area contributed by atoms with E-state index in [1.807, 2.05) is 78.9 Å². The lowest BCUT2D eigenvalue weighted by atomic mass is 9.94. The molecule has 0 amide bonds. The monoisotopic (exact) mass is 494 g/mol. The minimum Gasteiger partial charge on any atom is -0.304 e. The Morgan fingerprint density at radius 1 is 0.639 bits per heavy atom. The third kappa shape index (κ3) is 6.26. The van der Waals surface area contributed by atoms with Crippen LogP contribution in [0.5, 0.6) is 0 Å². The van der Waals surface area contributed by atoms with Gasteiger partial charge in [0.25, 0.3) is 0 Å². The molecule has 0 saturated heterocycles. The van der Waals surface area contributed by atoms with Crippen molar-refractivity contribution >= 4 is 22.2 Å². The Bertz CT molecular complexity index is 1380. The second kappa shape index (κ2) is 11.8. The highest BCUT2D eigenvalue weighted by atomic mass is 32.2. The summed E-state index contributed by atoms with van der Waals surface area (Å²) < 4.78 is 30.0. The molecule has 5 heteroatoms. The molecule has 4 aromatic rings. The quantitative estimate of drug-likeness (QED) is 0.249. The van der Waals surface area contributed by atoms with Gasteiger partial charge in [-0.15, -0.1) is 0 Å². The molecular weight excluding hydrogens is 464 g/mol. The Balaban J connectivity index is 1.70. The van der Waals surface area contributed by atoms with Crippen LogP contribution in [0.4, 0.5) is 0 Å². The number of benzene rings is 4. The normalized spacial score (nSPS) is 13.0. The summed E-state index contributed by atoms with van der Waals surface area (Å²) in [7, 11) is -3.81. The van der Waals surface area contributed by atoms with Gasteiger partial charge in [0.05, 0.1) is 17.0 Å². The summed E-state index contributed by atoms with van der Waals surface area (Å²) in [5, 5.41) is 3.61. The van der Waals surface area contributed by atoms with Gasteiger partial charge in [-0.05, 0) is 39.9 Å². The van der Waals surface area contributed by atoms with E-state index in [4.69, 9.17) is 0 Å². The van der Waals surface area contributed by atoms with E-state index in [0.717, 1.165) is 27.8 Å². The predicted octanol–water partition coefficient (Wildman–Crippen LogP) is 6.52. The first-order valence-electron chi connectivity index (χ1n) is 11.8. The number of sulfonamides is 1. The van der Waals surface area contributed by atoms with Crippen LogP contribution in [0.15, 0.2) is 127 Å². The van der Waals surface area contributed by atoms with Gasteiger partial charge in [0.15, 0.2) is 0 Å². The first-order valence-corrected chi connectivity index (χ1v) is 13.3. The van der Waals surface area contributed by atoms with Gasteiger partial charge in [0.1, 0.15) is 0 Å². The van der Waals surface area contributed by atoms with E-state index in [0.29, 0.717) is 6.54 Å². The molecular formula is C31H30N2O2S. The lowest BCUT2D eigenvalue weighted by Crippen LogP contribution is -2.38. The Kier molecular flexibility index (Phi) is 8.28. The topological polar surface area (TPSA) is 58.2 Å². The van der Waals surface area contributed by atoms with E-state index in [2.05, 4.69) is 35.3 Å². The molecule has 0 saturated carbocycles. The lowest BCUT2D eigenvalue weighted by molar-refractivity contribution is 0.421. The van der Waals surface area contributed by atoms with Crippen molar-refractivity contribution in [2.45, 2.75) is 23.5 Å². The van der Waals surface area contributed by atoms with Crippen molar-refractivity contribution in [3.8, 4) is 0 Å². The Hall–Kier alpha value is -3.77. The molecule has 0 bridgehead atoms. The fraction of sp³-hybridized carbons (Fsp3) is 0.0968. The van der Waals surface area contributed by atoms with Crippen molar-refractivity contribution < 1.29 is 8.42 Å². The van der Waals surface area contributed by atoms with Crippen LogP contribution in [0.25, 0.3) is 12.2 Å². The number of nitrogens with one attached hydrogen (secondary N) is 2. The maximum absolute atomic E-state index is 13.5. The Morgan fingerprint density at radius 2 is 1.11 bits per heavy atom. The first kappa shape index (κ1) is 25.3. The number of hydrogen-bond donors (Lipinski definition) is 2. The summed E-state index contributed by atoms with van der Waals surface area (Å²) in [6.07, 6.45) is 3.50. The van der Waals surface area contributed by atoms with Crippen molar-refractivity contribution in [3.63, 3.8) is 0 Å². The molecule has 36 heavy (non-hydrogen) atoms. The van der Waals surface area contributed by atoms with Crippen LogP contribution in [0, 0.1) is 0 Å². The summed E-state index contributed by atoms with van der Waals surface area (Å²) >= 11 is 0.